The van der Waals surface area contributed by atoms with Crippen LogP contribution in [-0.4, -0.2) is 11.6 Å². The molecule has 1 heterocycles. The lowest BCUT2D eigenvalue weighted by atomic mass is 10.0. The summed E-state index contributed by atoms with van der Waals surface area (Å²) in [5.74, 6) is 0.724. The van der Waals surface area contributed by atoms with Gasteiger partial charge >= 0.3 is 0 Å². The van der Waals surface area contributed by atoms with E-state index >= 15 is 0 Å². The molecule has 3 rings (SSSR count). The van der Waals surface area contributed by atoms with Crippen LogP contribution in [0.5, 0.6) is 5.75 Å². The minimum atomic E-state index is 0.0455. The number of hydrogen-bond acceptors (Lipinski definition) is 2. The van der Waals surface area contributed by atoms with E-state index in [1.165, 1.54) is 0 Å². The van der Waals surface area contributed by atoms with Gasteiger partial charge in [-0.2, -0.15) is 0 Å². The molecule has 1 aromatic heterocycles. The van der Waals surface area contributed by atoms with Crippen molar-refractivity contribution >= 4 is 10.9 Å². The average molecular weight is 279 g/mol. The summed E-state index contributed by atoms with van der Waals surface area (Å²) in [4.78, 5) is 16.0. The summed E-state index contributed by atoms with van der Waals surface area (Å²) in [7, 11) is 0. The van der Waals surface area contributed by atoms with Gasteiger partial charge in [0.05, 0.1) is 17.8 Å². The third kappa shape index (κ3) is 2.42. The summed E-state index contributed by atoms with van der Waals surface area (Å²) < 4.78 is 5.47. The molecule has 0 amide bonds. The molecule has 0 saturated heterocycles. The molecule has 0 unspecified atom stereocenters. The van der Waals surface area contributed by atoms with E-state index in [0.29, 0.717) is 12.0 Å². The van der Waals surface area contributed by atoms with Gasteiger partial charge in [0, 0.05) is 10.9 Å². The van der Waals surface area contributed by atoms with E-state index in [2.05, 4.69) is 4.98 Å². The highest BCUT2D eigenvalue weighted by Gasteiger charge is 2.10. The first-order chi connectivity index (χ1) is 10.2. The van der Waals surface area contributed by atoms with Crippen molar-refractivity contribution < 1.29 is 4.74 Å². The maximum atomic E-state index is 12.6. The molecular formula is C18H17NO2. The first-order valence-electron chi connectivity index (χ1n) is 7.05. The SMILES string of the molecule is CCOc1ccc2[nH]c(-c3ccccc3)c(C)c(=O)c2c1. The van der Waals surface area contributed by atoms with Crippen molar-refractivity contribution in [2.45, 2.75) is 13.8 Å². The number of nitrogens with one attached hydrogen (secondary N) is 1. The Labute approximate surface area is 123 Å². The Morgan fingerprint density at radius 1 is 1.10 bits per heavy atom. The zero-order valence-corrected chi connectivity index (χ0v) is 12.1. The van der Waals surface area contributed by atoms with Gasteiger partial charge in [-0.1, -0.05) is 30.3 Å². The van der Waals surface area contributed by atoms with E-state index in [9.17, 15) is 4.79 Å². The molecule has 3 heteroatoms. The fourth-order valence-corrected chi connectivity index (χ4v) is 2.51. The van der Waals surface area contributed by atoms with Gasteiger partial charge in [-0.15, -0.1) is 0 Å². The Morgan fingerprint density at radius 2 is 1.86 bits per heavy atom. The van der Waals surface area contributed by atoms with Gasteiger partial charge in [-0.05, 0) is 37.6 Å². The van der Waals surface area contributed by atoms with Gasteiger partial charge < -0.3 is 9.72 Å². The van der Waals surface area contributed by atoms with Crippen LogP contribution in [0.25, 0.3) is 22.2 Å². The Hall–Kier alpha value is -2.55. The van der Waals surface area contributed by atoms with Crippen LogP contribution in [0.4, 0.5) is 0 Å². The molecule has 2 aromatic carbocycles. The molecule has 21 heavy (non-hydrogen) atoms. The Morgan fingerprint density at radius 3 is 2.57 bits per heavy atom. The zero-order valence-electron chi connectivity index (χ0n) is 12.1. The fraction of sp³-hybridized carbons (Fsp3) is 0.167. The molecule has 0 radical (unpaired) electrons. The number of pyridine rings is 1. The summed E-state index contributed by atoms with van der Waals surface area (Å²) in [5.41, 5.74) is 3.49. The molecule has 3 nitrogen and oxygen atoms in total. The van der Waals surface area contributed by atoms with Crippen LogP contribution in [-0.2, 0) is 0 Å². The van der Waals surface area contributed by atoms with Crippen LogP contribution in [0.15, 0.2) is 53.3 Å². The maximum absolute atomic E-state index is 12.6. The van der Waals surface area contributed by atoms with Crippen LogP contribution in [0.2, 0.25) is 0 Å². The van der Waals surface area contributed by atoms with Crippen molar-refractivity contribution in [3.63, 3.8) is 0 Å². The first kappa shape index (κ1) is 13.4. The zero-order chi connectivity index (χ0) is 14.8. The summed E-state index contributed by atoms with van der Waals surface area (Å²) in [6.07, 6.45) is 0. The number of aromatic amines is 1. The third-order valence-electron chi connectivity index (χ3n) is 3.58. The van der Waals surface area contributed by atoms with E-state index in [-0.39, 0.29) is 5.43 Å². The van der Waals surface area contributed by atoms with Crippen LogP contribution in [0.3, 0.4) is 0 Å². The second kappa shape index (κ2) is 5.44. The van der Waals surface area contributed by atoms with Crippen molar-refractivity contribution in [2.24, 2.45) is 0 Å². The van der Waals surface area contributed by atoms with Crippen LogP contribution >= 0.6 is 0 Å². The van der Waals surface area contributed by atoms with E-state index in [1.54, 1.807) is 6.07 Å². The largest absolute Gasteiger partial charge is 0.494 e. The molecule has 0 aliphatic rings. The summed E-state index contributed by atoms with van der Waals surface area (Å²) in [6.45, 7) is 4.37. The average Bonchev–Trinajstić information content (AvgIpc) is 2.52. The van der Waals surface area contributed by atoms with Crippen molar-refractivity contribution in [1.82, 2.24) is 4.98 Å². The van der Waals surface area contributed by atoms with Crippen molar-refractivity contribution in [3.05, 3.63) is 64.3 Å². The maximum Gasteiger partial charge on any atom is 0.193 e. The number of fused-ring (bicyclic) bond motifs is 1. The molecule has 0 aliphatic heterocycles. The van der Waals surface area contributed by atoms with E-state index < -0.39 is 0 Å². The van der Waals surface area contributed by atoms with Gasteiger partial charge in [-0.25, -0.2) is 0 Å². The van der Waals surface area contributed by atoms with Crippen molar-refractivity contribution in [1.29, 1.82) is 0 Å². The van der Waals surface area contributed by atoms with E-state index in [0.717, 1.165) is 28.1 Å². The molecule has 0 fully saturated rings. The minimum Gasteiger partial charge on any atom is -0.494 e. The monoisotopic (exact) mass is 279 g/mol. The number of hydrogen-bond donors (Lipinski definition) is 1. The normalized spacial score (nSPS) is 10.8. The molecule has 0 spiro atoms. The third-order valence-corrected chi connectivity index (χ3v) is 3.58. The van der Waals surface area contributed by atoms with E-state index in [1.807, 2.05) is 56.3 Å². The molecule has 3 aromatic rings. The van der Waals surface area contributed by atoms with Crippen molar-refractivity contribution in [3.8, 4) is 17.0 Å². The number of rotatable bonds is 3. The molecule has 1 N–H and O–H groups in total. The predicted octanol–water partition coefficient (Wildman–Crippen LogP) is 3.90. The van der Waals surface area contributed by atoms with Crippen LogP contribution in [0, 0.1) is 6.92 Å². The number of ether oxygens (including phenoxy) is 1. The smallest absolute Gasteiger partial charge is 0.193 e. The standard InChI is InChI=1S/C18H17NO2/c1-3-21-14-9-10-16-15(11-14)18(20)12(2)17(19-16)13-7-5-4-6-8-13/h4-11H,3H2,1-2H3,(H,19,20). The van der Waals surface area contributed by atoms with Crippen LogP contribution in [0.1, 0.15) is 12.5 Å². The topological polar surface area (TPSA) is 42.1 Å². The second-order valence-corrected chi connectivity index (χ2v) is 4.96. The summed E-state index contributed by atoms with van der Waals surface area (Å²) in [5, 5.41) is 0.665. The lowest BCUT2D eigenvalue weighted by molar-refractivity contribution is 0.340. The number of H-pyrrole nitrogens is 1. The lowest BCUT2D eigenvalue weighted by Crippen LogP contribution is -2.09. The van der Waals surface area contributed by atoms with Gasteiger partial charge in [0.15, 0.2) is 5.43 Å². The highest BCUT2D eigenvalue weighted by molar-refractivity contribution is 5.84. The quantitative estimate of drug-likeness (QED) is 0.790. The fourth-order valence-electron chi connectivity index (χ4n) is 2.51. The number of benzene rings is 2. The highest BCUT2D eigenvalue weighted by atomic mass is 16.5. The Bertz CT molecular complexity index is 835. The van der Waals surface area contributed by atoms with Gasteiger partial charge in [-0.3, -0.25) is 4.79 Å². The molecular weight excluding hydrogens is 262 g/mol. The predicted molar refractivity (Wildman–Crippen MR) is 85.9 cm³/mol. The first-order valence-corrected chi connectivity index (χ1v) is 7.05. The Balaban J connectivity index is 2.24. The molecule has 0 bridgehead atoms. The molecule has 0 atom stereocenters. The van der Waals surface area contributed by atoms with Crippen molar-refractivity contribution in [2.75, 3.05) is 6.61 Å². The van der Waals surface area contributed by atoms with Gasteiger partial charge in [0.2, 0.25) is 0 Å². The minimum absolute atomic E-state index is 0.0455. The number of aromatic nitrogens is 1. The van der Waals surface area contributed by atoms with Gasteiger partial charge in [0.25, 0.3) is 0 Å². The van der Waals surface area contributed by atoms with E-state index in [4.69, 9.17) is 4.74 Å². The summed E-state index contributed by atoms with van der Waals surface area (Å²) >= 11 is 0. The lowest BCUT2D eigenvalue weighted by Gasteiger charge is -2.10. The van der Waals surface area contributed by atoms with Gasteiger partial charge in [0.1, 0.15) is 5.75 Å². The molecule has 0 saturated carbocycles. The Kier molecular flexibility index (Phi) is 3.48. The highest BCUT2D eigenvalue weighted by Crippen LogP contribution is 2.24. The second-order valence-electron chi connectivity index (χ2n) is 4.96. The summed E-state index contributed by atoms with van der Waals surface area (Å²) in [6, 6.07) is 15.5. The molecule has 106 valence electrons. The van der Waals surface area contributed by atoms with Crippen LogP contribution < -0.4 is 10.2 Å². The molecule has 0 aliphatic carbocycles.